The molecule has 1 aromatic rings. The molecule has 112 valence electrons. The lowest BCUT2D eigenvalue weighted by atomic mass is 9.90. The maximum Gasteiger partial charge on any atom is 0.244 e. The molecule has 0 aliphatic carbocycles. The molecule has 8 heteroatoms. The third-order valence-electron chi connectivity index (χ3n) is 3.08. The van der Waals surface area contributed by atoms with E-state index in [0.29, 0.717) is 38.2 Å². The van der Waals surface area contributed by atoms with Gasteiger partial charge in [0.2, 0.25) is 5.91 Å². The second kappa shape index (κ2) is 6.43. The Morgan fingerprint density at radius 3 is 2.20 bits per heavy atom. The van der Waals surface area contributed by atoms with Crippen molar-refractivity contribution >= 4 is 24.0 Å². The van der Waals surface area contributed by atoms with Gasteiger partial charge in [0.15, 0.2) is 17.5 Å². The number of hydrogen-bond acceptors (Lipinski definition) is 3. The van der Waals surface area contributed by atoms with E-state index in [2.05, 4.69) is 5.32 Å². The Bertz CT molecular complexity index is 484. The Hall–Kier alpha value is -1.31. The fourth-order valence-corrected chi connectivity index (χ4v) is 1.85. The predicted molar refractivity (Wildman–Crippen MR) is 69.2 cm³/mol. The molecular weight excluding hydrogens is 297 g/mol. The Morgan fingerprint density at radius 1 is 1.20 bits per heavy atom. The summed E-state index contributed by atoms with van der Waals surface area (Å²) in [5.41, 5.74) is 4.59. The fraction of sp³-hybridized carbons (Fsp3) is 0.417. The van der Waals surface area contributed by atoms with Crippen LogP contribution in [0.25, 0.3) is 0 Å². The SMILES string of the molecule is Cl.NC1(C(=O)Nc2cc(F)c(F)c(F)c2)CCOCC1. The largest absolute Gasteiger partial charge is 0.381 e. The molecular formula is C12H14ClF3N2O2. The highest BCUT2D eigenvalue weighted by Gasteiger charge is 2.36. The van der Waals surface area contributed by atoms with Crippen molar-refractivity contribution in [2.75, 3.05) is 18.5 Å². The summed E-state index contributed by atoms with van der Waals surface area (Å²) in [5.74, 6) is -4.88. The molecule has 1 aromatic carbocycles. The van der Waals surface area contributed by atoms with Crippen LogP contribution < -0.4 is 11.1 Å². The monoisotopic (exact) mass is 310 g/mol. The van der Waals surface area contributed by atoms with E-state index in [0.717, 1.165) is 0 Å². The molecule has 0 unspecified atom stereocenters. The van der Waals surface area contributed by atoms with Crippen LogP contribution in [0.2, 0.25) is 0 Å². The number of hydrogen-bond donors (Lipinski definition) is 2. The van der Waals surface area contributed by atoms with Gasteiger partial charge in [-0.3, -0.25) is 4.79 Å². The second-order valence-electron chi connectivity index (χ2n) is 4.48. The number of anilines is 1. The number of nitrogens with two attached hydrogens (primary N) is 1. The summed E-state index contributed by atoms with van der Waals surface area (Å²) in [5, 5.41) is 2.29. The molecule has 1 aliphatic heterocycles. The zero-order chi connectivity index (χ0) is 14.0. The van der Waals surface area contributed by atoms with Crippen LogP contribution in [0.4, 0.5) is 18.9 Å². The first-order valence-corrected chi connectivity index (χ1v) is 5.75. The smallest absolute Gasteiger partial charge is 0.244 e. The molecule has 4 nitrogen and oxygen atoms in total. The molecule has 1 amide bonds. The van der Waals surface area contributed by atoms with Crippen molar-refractivity contribution in [3.8, 4) is 0 Å². The van der Waals surface area contributed by atoms with Gasteiger partial charge in [0.25, 0.3) is 0 Å². The second-order valence-corrected chi connectivity index (χ2v) is 4.48. The summed E-state index contributed by atoms with van der Waals surface area (Å²) in [7, 11) is 0. The fourth-order valence-electron chi connectivity index (χ4n) is 1.85. The highest BCUT2D eigenvalue weighted by Crippen LogP contribution is 2.22. The first kappa shape index (κ1) is 16.7. The van der Waals surface area contributed by atoms with Gasteiger partial charge in [-0.05, 0) is 12.8 Å². The van der Waals surface area contributed by atoms with Gasteiger partial charge in [-0.1, -0.05) is 0 Å². The van der Waals surface area contributed by atoms with Crippen LogP contribution in [0.5, 0.6) is 0 Å². The third kappa shape index (κ3) is 3.41. The quantitative estimate of drug-likeness (QED) is 0.821. The van der Waals surface area contributed by atoms with Crippen molar-refractivity contribution in [3.05, 3.63) is 29.6 Å². The molecule has 0 bridgehead atoms. The van der Waals surface area contributed by atoms with Crippen molar-refractivity contribution in [2.45, 2.75) is 18.4 Å². The average molecular weight is 311 g/mol. The molecule has 3 N–H and O–H groups in total. The summed E-state index contributed by atoms with van der Waals surface area (Å²) in [6.45, 7) is 0.687. The minimum atomic E-state index is -1.58. The topological polar surface area (TPSA) is 64.4 Å². The number of halogens is 4. The Kier molecular flexibility index (Phi) is 5.38. The number of nitrogens with one attached hydrogen (secondary N) is 1. The van der Waals surface area contributed by atoms with E-state index in [4.69, 9.17) is 10.5 Å². The summed E-state index contributed by atoms with van der Waals surface area (Å²) in [6.07, 6.45) is 0.621. The number of carbonyl (C=O) groups is 1. The maximum absolute atomic E-state index is 13.0. The summed E-state index contributed by atoms with van der Waals surface area (Å²) in [6, 6.07) is 1.41. The normalized spacial score (nSPS) is 17.2. The summed E-state index contributed by atoms with van der Waals surface area (Å²) >= 11 is 0. The third-order valence-corrected chi connectivity index (χ3v) is 3.08. The zero-order valence-corrected chi connectivity index (χ0v) is 11.2. The van der Waals surface area contributed by atoms with Gasteiger partial charge >= 0.3 is 0 Å². The van der Waals surface area contributed by atoms with E-state index in [-0.39, 0.29) is 18.1 Å². The predicted octanol–water partition coefficient (Wildman–Crippen LogP) is 1.97. The standard InChI is InChI=1S/C12H13F3N2O2.ClH/c13-8-5-7(6-9(14)10(8)15)17-11(18)12(16)1-3-19-4-2-12;/h5-6H,1-4,16H2,(H,17,18);1H. The number of rotatable bonds is 2. The van der Waals surface area contributed by atoms with Gasteiger partial charge in [0.1, 0.15) is 5.54 Å². The molecule has 0 saturated carbocycles. The van der Waals surface area contributed by atoms with Gasteiger partial charge in [-0.25, -0.2) is 13.2 Å². The molecule has 0 atom stereocenters. The van der Waals surface area contributed by atoms with Crippen LogP contribution in [0.1, 0.15) is 12.8 Å². The maximum atomic E-state index is 13.0. The van der Waals surface area contributed by atoms with Crippen molar-refractivity contribution < 1.29 is 22.7 Å². The van der Waals surface area contributed by atoms with Gasteiger partial charge in [0.05, 0.1) is 0 Å². The minimum absolute atomic E-state index is 0. The molecule has 0 aromatic heterocycles. The van der Waals surface area contributed by atoms with Crippen molar-refractivity contribution in [1.82, 2.24) is 0 Å². The summed E-state index contributed by atoms with van der Waals surface area (Å²) in [4.78, 5) is 12.0. The zero-order valence-electron chi connectivity index (χ0n) is 10.4. The van der Waals surface area contributed by atoms with Crippen LogP contribution in [-0.4, -0.2) is 24.7 Å². The Balaban J connectivity index is 0.00000200. The van der Waals surface area contributed by atoms with Crippen molar-refractivity contribution in [2.24, 2.45) is 5.73 Å². The van der Waals surface area contributed by atoms with E-state index >= 15 is 0 Å². The average Bonchev–Trinajstić information content (AvgIpc) is 2.36. The minimum Gasteiger partial charge on any atom is -0.381 e. The van der Waals surface area contributed by atoms with E-state index in [9.17, 15) is 18.0 Å². The number of benzene rings is 1. The van der Waals surface area contributed by atoms with E-state index in [1.165, 1.54) is 0 Å². The first-order chi connectivity index (χ1) is 8.92. The molecule has 0 spiro atoms. The van der Waals surface area contributed by atoms with E-state index < -0.39 is 28.9 Å². The van der Waals surface area contributed by atoms with E-state index in [1.807, 2.05) is 0 Å². The lowest BCUT2D eigenvalue weighted by Gasteiger charge is -2.31. The van der Waals surface area contributed by atoms with Gasteiger partial charge in [0, 0.05) is 31.0 Å². The van der Waals surface area contributed by atoms with Crippen LogP contribution in [0, 0.1) is 17.5 Å². The lowest BCUT2D eigenvalue weighted by molar-refractivity contribution is -0.124. The molecule has 1 saturated heterocycles. The Labute approximate surface area is 119 Å². The van der Waals surface area contributed by atoms with Crippen LogP contribution in [-0.2, 0) is 9.53 Å². The lowest BCUT2D eigenvalue weighted by Crippen LogP contribution is -2.54. The van der Waals surface area contributed by atoms with Gasteiger partial charge < -0.3 is 15.8 Å². The Morgan fingerprint density at radius 2 is 1.70 bits per heavy atom. The van der Waals surface area contributed by atoms with Gasteiger partial charge in [-0.15, -0.1) is 12.4 Å². The van der Waals surface area contributed by atoms with Crippen molar-refractivity contribution in [1.29, 1.82) is 0 Å². The molecule has 0 radical (unpaired) electrons. The van der Waals surface area contributed by atoms with Crippen LogP contribution >= 0.6 is 12.4 Å². The number of ether oxygens (including phenoxy) is 1. The molecule has 1 fully saturated rings. The highest BCUT2D eigenvalue weighted by atomic mass is 35.5. The highest BCUT2D eigenvalue weighted by molar-refractivity contribution is 5.98. The van der Waals surface area contributed by atoms with Crippen LogP contribution in [0.3, 0.4) is 0 Å². The first-order valence-electron chi connectivity index (χ1n) is 5.75. The van der Waals surface area contributed by atoms with Crippen molar-refractivity contribution in [3.63, 3.8) is 0 Å². The molecule has 1 heterocycles. The van der Waals surface area contributed by atoms with Gasteiger partial charge in [-0.2, -0.15) is 0 Å². The molecule has 1 aliphatic rings. The number of carbonyl (C=O) groups excluding carboxylic acids is 1. The molecule has 2 rings (SSSR count). The van der Waals surface area contributed by atoms with Crippen LogP contribution in [0.15, 0.2) is 12.1 Å². The number of amides is 1. The molecule has 20 heavy (non-hydrogen) atoms. The van der Waals surface area contributed by atoms with E-state index in [1.54, 1.807) is 0 Å². The summed E-state index contributed by atoms with van der Waals surface area (Å²) < 4.78 is 43.9.